The molecule has 0 fully saturated rings. The molecule has 0 bridgehead atoms. The number of fused-ring (bicyclic) bond motifs is 19. The molecule has 0 N–H and O–H groups in total. The van der Waals surface area contributed by atoms with Gasteiger partial charge in [-0.2, -0.15) is 0 Å². The average Bonchev–Trinajstić information content (AvgIpc) is 4.15. The van der Waals surface area contributed by atoms with Crippen molar-refractivity contribution in [3.63, 3.8) is 0 Å². The number of para-hydroxylation sites is 1. The summed E-state index contributed by atoms with van der Waals surface area (Å²) in [5.41, 5.74) is 20.2. The van der Waals surface area contributed by atoms with Gasteiger partial charge < -0.3 is 4.90 Å². The van der Waals surface area contributed by atoms with E-state index in [0.29, 0.717) is 0 Å². The van der Waals surface area contributed by atoms with Crippen LogP contribution in [0, 0.1) is 0 Å². The van der Waals surface area contributed by atoms with Gasteiger partial charge in [-0.25, -0.2) is 0 Å². The lowest BCUT2D eigenvalue weighted by Gasteiger charge is -2.34. The van der Waals surface area contributed by atoms with E-state index in [-0.39, 0.29) is 0 Å². The molecule has 14 aromatic rings. The van der Waals surface area contributed by atoms with Gasteiger partial charge in [0, 0.05) is 16.8 Å². The zero-order chi connectivity index (χ0) is 49.9. The Balaban J connectivity index is 0.996. The molecule has 16 rings (SSSR count). The zero-order valence-electron chi connectivity index (χ0n) is 41.6. The maximum absolute atomic E-state index is 2.58. The normalized spacial score (nSPS) is 12.8. The Morgan fingerprint density at radius 1 is 0.211 bits per heavy atom. The molecule has 14 aromatic carbocycles. The lowest BCUT2D eigenvalue weighted by atomic mass is 9.70. The van der Waals surface area contributed by atoms with Crippen LogP contribution < -0.4 is 4.90 Å². The molecule has 0 aliphatic heterocycles. The molecule has 76 heavy (non-hydrogen) atoms. The zero-order valence-corrected chi connectivity index (χ0v) is 41.6. The molecule has 1 spiro atoms. The van der Waals surface area contributed by atoms with E-state index in [1.807, 2.05) is 0 Å². The van der Waals surface area contributed by atoms with Crippen molar-refractivity contribution >= 4 is 70.9 Å². The summed E-state index contributed by atoms with van der Waals surface area (Å²) in [7, 11) is 0. The van der Waals surface area contributed by atoms with Gasteiger partial charge in [0.25, 0.3) is 0 Å². The molecule has 1 heteroatoms. The largest absolute Gasteiger partial charge is 0.309 e. The third-order valence-corrected chi connectivity index (χ3v) is 16.8. The van der Waals surface area contributed by atoms with Crippen molar-refractivity contribution in [1.82, 2.24) is 0 Å². The van der Waals surface area contributed by atoms with Crippen LogP contribution in [0.4, 0.5) is 17.1 Å². The Morgan fingerprint density at radius 2 is 0.671 bits per heavy atom. The summed E-state index contributed by atoms with van der Waals surface area (Å²) < 4.78 is 0. The molecular formula is C75H47N. The Morgan fingerprint density at radius 3 is 1.34 bits per heavy atom. The molecule has 352 valence electrons. The number of hydrogen-bond acceptors (Lipinski definition) is 1. The van der Waals surface area contributed by atoms with Gasteiger partial charge in [-0.1, -0.05) is 249 Å². The SMILES string of the molecule is c1ccc(-c2ccccc2N(c2ccc3c4ccccc4c4ccccc4c3c2)c2cc3c(cc2-c2ccc(-c4ccc5c(ccc6ccccc65)c4)cc2)-c2ccccc2C32c3ccccc3-c3ccccc32)cc1. The summed E-state index contributed by atoms with van der Waals surface area (Å²) in [6.07, 6.45) is 0. The smallest absolute Gasteiger partial charge is 0.0726 e. The van der Waals surface area contributed by atoms with Crippen molar-refractivity contribution < 1.29 is 0 Å². The summed E-state index contributed by atoms with van der Waals surface area (Å²) in [5.74, 6) is 0. The lowest BCUT2D eigenvalue weighted by molar-refractivity contribution is 0.794. The summed E-state index contributed by atoms with van der Waals surface area (Å²) in [4.78, 5) is 2.58. The van der Waals surface area contributed by atoms with Crippen molar-refractivity contribution in [3.8, 4) is 55.6 Å². The predicted molar refractivity (Wildman–Crippen MR) is 321 cm³/mol. The monoisotopic (exact) mass is 961 g/mol. The molecule has 1 nitrogen and oxygen atoms in total. The number of hydrogen-bond donors (Lipinski definition) is 0. The van der Waals surface area contributed by atoms with Crippen LogP contribution in [0.1, 0.15) is 22.3 Å². The summed E-state index contributed by atoms with van der Waals surface area (Å²) in [6.45, 7) is 0. The van der Waals surface area contributed by atoms with Crippen LogP contribution in [-0.2, 0) is 5.41 Å². The van der Waals surface area contributed by atoms with Gasteiger partial charge in [-0.05, 0) is 157 Å². The minimum Gasteiger partial charge on any atom is -0.309 e. The second-order valence-corrected chi connectivity index (χ2v) is 20.6. The summed E-state index contributed by atoms with van der Waals surface area (Å²) in [6, 6.07) is 107. The standard InChI is InChI=1S/C75H47N/c1-2-18-49(19-3-1)57-22-13-17-33-73(57)76(54-41-43-62-60-25-7-6-23-58(60)59-24-8-9-26-61(59)67(62)45-54)74-47-72-68(65-29-12-16-32-71(65)75(72)69-30-14-10-27-63(69)64-28-11-15-31-70(64)75)46-66(74)51-36-34-48(35-37-51)52-40-42-56-53(44-52)39-38-50-20-4-5-21-55(50)56/h1-47H. The topological polar surface area (TPSA) is 3.24 Å². The molecular weight excluding hydrogens is 915 g/mol. The summed E-state index contributed by atoms with van der Waals surface area (Å²) >= 11 is 0. The van der Waals surface area contributed by atoms with E-state index in [4.69, 9.17) is 0 Å². The molecule has 0 saturated carbocycles. The molecule has 2 aliphatic carbocycles. The highest BCUT2D eigenvalue weighted by atomic mass is 15.1. The first-order chi connectivity index (χ1) is 37.7. The fourth-order valence-corrected chi connectivity index (χ4v) is 13.6. The summed E-state index contributed by atoms with van der Waals surface area (Å²) in [5, 5.41) is 12.6. The second kappa shape index (κ2) is 16.6. The van der Waals surface area contributed by atoms with Crippen LogP contribution in [0.25, 0.3) is 109 Å². The highest BCUT2D eigenvalue weighted by Gasteiger charge is 2.52. The quantitative estimate of drug-likeness (QED) is 0.150. The third-order valence-electron chi connectivity index (χ3n) is 16.8. The van der Waals surface area contributed by atoms with Crippen LogP contribution in [-0.4, -0.2) is 0 Å². The first kappa shape index (κ1) is 42.7. The van der Waals surface area contributed by atoms with Crippen LogP contribution in [0.2, 0.25) is 0 Å². The Labute approximate surface area is 441 Å². The van der Waals surface area contributed by atoms with E-state index < -0.39 is 5.41 Å². The van der Waals surface area contributed by atoms with Crippen molar-refractivity contribution in [2.24, 2.45) is 0 Å². The third kappa shape index (κ3) is 6.15. The van der Waals surface area contributed by atoms with Gasteiger partial charge in [0.2, 0.25) is 0 Å². The van der Waals surface area contributed by atoms with Gasteiger partial charge >= 0.3 is 0 Å². The van der Waals surface area contributed by atoms with Crippen LogP contribution in [0.5, 0.6) is 0 Å². The van der Waals surface area contributed by atoms with E-state index in [1.54, 1.807) is 0 Å². The number of anilines is 3. The molecule has 0 amide bonds. The van der Waals surface area contributed by atoms with Crippen molar-refractivity contribution in [2.45, 2.75) is 5.41 Å². The maximum Gasteiger partial charge on any atom is 0.0726 e. The fraction of sp³-hybridized carbons (Fsp3) is 0.0133. The Bertz CT molecular complexity index is 4620. The molecule has 0 radical (unpaired) electrons. The highest BCUT2D eigenvalue weighted by molar-refractivity contribution is 6.26. The van der Waals surface area contributed by atoms with Crippen molar-refractivity contribution in [3.05, 3.63) is 307 Å². The van der Waals surface area contributed by atoms with Gasteiger partial charge in [0.1, 0.15) is 0 Å². The first-order valence-electron chi connectivity index (χ1n) is 26.5. The Kier molecular flexibility index (Phi) is 9.32. The highest BCUT2D eigenvalue weighted by Crippen LogP contribution is 2.64. The van der Waals surface area contributed by atoms with Gasteiger partial charge in [0.05, 0.1) is 16.8 Å². The van der Waals surface area contributed by atoms with Gasteiger partial charge in [-0.15, -0.1) is 0 Å². The van der Waals surface area contributed by atoms with Crippen molar-refractivity contribution in [2.75, 3.05) is 4.90 Å². The first-order valence-corrected chi connectivity index (χ1v) is 26.5. The molecule has 0 unspecified atom stereocenters. The van der Waals surface area contributed by atoms with E-state index in [1.165, 1.54) is 115 Å². The minimum atomic E-state index is -0.541. The molecule has 0 heterocycles. The van der Waals surface area contributed by atoms with E-state index in [2.05, 4.69) is 290 Å². The Hall–Kier alpha value is -9.82. The van der Waals surface area contributed by atoms with E-state index in [0.717, 1.165) is 33.8 Å². The lowest BCUT2D eigenvalue weighted by Crippen LogP contribution is -2.26. The predicted octanol–water partition coefficient (Wildman–Crippen LogP) is 20.3. The fourth-order valence-electron chi connectivity index (χ4n) is 13.6. The van der Waals surface area contributed by atoms with E-state index >= 15 is 0 Å². The maximum atomic E-state index is 2.58. The number of nitrogens with zero attached hydrogens (tertiary/aromatic N) is 1. The van der Waals surface area contributed by atoms with Gasteiger partial charge in [-0.3, -0.25) is 0 Å². The minimum absolute atomic E-state index is 0.541. The van der Waals surface area contributed by atoms with Gasteiger partial charge in [0.15, 0.2) is 0 Å². The molecule has 0 aromatic heterocycles. The number of benzene rings is 14. The number of rotatable bonds is 6. The molecule has 2 aliphatic rings. The second-order valence-electron chi connectivity index (χ2n) is 20.6. The average molecular weight is 962 g/mol. The molecule has 0 atom stereocenters. The van der Waals surface area contributed by atoms with Crippen LogP contribution in [0.15, 0.2) is 285 Å². The van der Waals surface area contributed by atoms with Crippen LogP contribution >= 0.6 is 0 Å². The van der Waals surface area contributed by atoms with Crippen LogP contribution in [0.3, 0.4) is 0 Å². The van der Waals surface area contributed by atoms with Crippen molar-refractivity contribution in [1.29, 1.82) is 0 Å². The molecule has 0 saturated heterocycles. The van der Waals surface area contributed by atoms with E-state index in [9.17, 15) is 0 Å².